The fourth-order valence-electron chi connectivity index (χ4n) is 1.98. The van der Waals surface area contributed by atoms with Crippen molar-refractivity contribution in [3.63, 3.8) is 0 Å². The van der Waals surface area contributed by atoms with E-state index in [-0.39, 0.29) is 6.54 Å². The summed E-state index contributed by atoms with van der Waals surface area (Å²) in [6, 6.07) is 0. The van der Waals surface area contributed by atoms with E-state index in [1.807, 2.05) is 0 Å². The number of alkyl halides is 8. The predicted octanol–water partition coefficient (Wildman–Crippen LogP) is 1.10. The third-order valence-electron chi connectivity index (χ3n) is 3.70. The summed E-state index contributed by atoms with van der Waals surface area (Å²) in [5.41, 5.74) is -6.49. The largest absolute Gasteiger partial charge is 0.512 e. The fraction of sp³-hybridized carbons (Fsp3) is 0.833. The Bertz CT molecular complexity index is 998. The van der Waals surface area contributed by atoms with Gasteiger partial charge >= 0.3 is 31.7 Å². The minimum Gasteiger partial charge on any atom is -0.305 e. The topological polar surface area (TPSA) is 130 Å². The first kappa shape index (κ1) is 30.9. The molecular formula is C12H19F8N3O6S3. The molecule has 0 radical (unpaired) electrons. The van der Waals surface area contributed by atoms with Crippen LogP contribution < -0.4 is 8.85 Å². The molecule has 0 aromatic heterocycles. The summed E-state index contributed by atoms with van der Waals surface area (Å²) >= 11 is 0. The normalized spacial score (nSPS) is 16.7. The average molecular weight is 549 g/mol. The Hall–Kier alpha value is -1.09. The standard InChI is InChI=1S/C12H19F8N3O6S3/c1-4-7-23(3)8-6-21-31(26,27)11(16,17)10(14,15)9(13,5-2)30(24,25)22-32(28,29)12(18,19)20/h5,21-22H,2,4,6-8H2,1,3H3. The molecule has 9 nitrogen and oxygen atoms in total. The van der Waals surface area contributed by atoms with Crippen LogP contribution in [0.5, 0.6) is 0 Å². The van der Waals surface area contributed by atoms with Gasteiger partial charge in [0.05, 0.1) is 0 Å². The summed E-state index contributed by atoms with van der Waals surface area (Å²) in [4.78, 5) is 1.37. The van der Waals surface area contributed by atoms with Crippen molar-refractivity contribution in [3.05, 3.63) is 12.7 Å². The van der Waals surface area contributed by atoms with Crippen LogP contribution >= 0.6 is 0 Å². The van der Waals surface area contributed by atoms with E-state index in [9.17, 15) is 60.4 Å². The Labute approximate surface area is 179 Å². The lowest BCUT2D eigenvalue weighted by atomic mass is 10.2. The molecule has 1 unspecified atom stereocenters. The van der Waals surface area contributed by atoms with Gasteiger partial charge in [0.1, 0.15) is 0 Å². The lowest BCUT2D eigenvalue weighted by molar-refractivity contribution is -0.196. The van der Waals surface area contributed by atoms with Crippen LogP contribution in [-0.4, -0.2) is 78.5 Å². The van der Waals surface area contributed by atoms with E-state index in [2.05, 4.69) is 6.58 Å². The molecule has 1 atom stereocenters. The summed E-state index contributed by atoms with van der Waals surface area (Å²) < 4.78 is 178. The highest BCUT2D eigenvalue weighted by atomic mass is 32.3. The average Bonchev–Trinajstić information content (AvgIpc) is 2.58. The molecule has 20 heteroatoms. The number of nitrogens with zero attached hydrogens (tertiary/aromatic N) is 1. The first-order valence-electron chi connectivity index (χ1n) is 8.07. The molecule has 0 aliphatic rings. The van der Waals surface area contributed by atoms with Crippen molar-refractivity contribution in [2.45, 2.75) is 35.0 Å². The summed E-state index contributed by atoms with van der Waals surface area (Å²) in [6.45, 7) is 2.95. The first-order chi connectivity index (χ1) is 14.0. The van der Waals surface area contributed by atoms with Crippen molar-refractivity contribution in [1.29, 1.82) is 0 Å². The zero-order chi connectivity index (χ0) is 26.0. The number of halogens is 8. The summed E-state index contributed by atoms with van der Waals surface area (Å²) in [6.07, 6.45) is -0.632. The second kappa shape index (κ2) is 9.65. The van der Waals surface area contributed by atoms with Gasteiger partial charge < -0.3 is 4.90 Å². The Kier molecular flexibility index (Phi) is 9.32. The maximum absolute atomic E-state index is 14.6. The summed E-state index contributed by atoms with van der Waals surface area (Å²) in [7, 11) is -19.5. The van der Waals surface area contributed by atoms with E-state index in [4.69, 9.17) is 0 Å². The highest BCUT2D eigenvalue weighted by molar-refractivity contribution is 8.05. The summed E-state index contributed by atoms with van der Waals surface area (Å²) in [5.74, 6) is -6.87. The van der Waals surface area contributed by atoms with Crippen LogP contribution in [0.4, 0.5) is 35.1 Å². The highest BCUT2D eigenvalue weighted by Gasteiger charge is 2.80. The van der Waals surface area contributed by atoms with Crippen LogP contribution in [0.2, 0.25) is 0 Å². The van der Waals surface area contributed by atoms with Crippen molar-refractivity contribution in [2.75, 3.05) is 26.7 Å². The van der Waals surface area contributed by atoms with Crippen molar-refractivity contribution in [3.8, 4) is 0 Å². The lowest BCUT2D eigenvalue weighted by Crippen LogP contribution is -2.66. The van der Waals surface area contributed by atoms with Gasteiger partial charge in [-0.3, -0.25) is 0 Å². The van der Waals surface area contributed by atoms with Crippen LogP contribution in [0.25, 0.3) is 0 Å². The molecule has 0 spiro atoms. The second-order valence-electron chi connectivity index (χ2n) is 6.18. The maximum atomic E-state index is 14.6. The van der Waals surface area contributed by atoms with Gasteiger partial charge in [-0.2, -0.15) is 30.7 Å². The number of nitrogens with one attached hydrogen (secondary N) is 2. The summed E-state index contributed by atoms with van der Waals surface area (Å²) in [5, 5.41) is -12.6. The van der Waals surface area contributed by atoms with Gasteiger partial charge in [0.2, 0.25) is 0 Å². The Morgan fingerprint density at radius 1 is 0.844 bits per heavy atom. The van der Waals surface area contributed by atoms with Gasteiger partial charge in [-0.25, -0.2) is 34.4 Å². The second-order valence-corrected chi connectivity index (χ2v) is 11.7. The van der Waals surface area contributed by atoms with Crippen LogP contribution in [0.15, 0.2) is 12.7 Å². The Balaban J connectivity index is 6.25. The van der Waals surface area contributed by atoms with Crippen molar-refractivity contribution in [1.82, 2.24) is 13.7 Å². The first-order valence-corrected chi connectivity index (χ1v) is 12.5. The quantitative estimate of drug-likeness (QED) is 0.260. The molecule has 32 heavy (non-hydrogen) atoms. The van der Waals surface area contributed by atoms with Gasteiger partial charge in [-0.1, -0.05) is 17.6 Å². The Morgan fingerprint density at radius 2 is 1.31 bits per heavy atom. The molecule has 192 valence electrons. The highest BCUT2D eigenvalue weighted by Crippen LogP contribution is 2.50. The van der Waals surface area contributed by atoms with Crippen LogP contribution in [0.3, 0.4) is 0 Å². The lowest BCUT2D eigenvalue weighted by Gasteiger charge is -2.34. The zero-order valence-corrected chi connectivity index (χ0v) is 18.7. The molecule has 0 heterocycles. The van der Waals surface area contributed by atoms with E-state index >= 15 is 0 Å². The number of hydrogen-bond acceptors (Lipinski definition) is 7. The Morgan fingerprint density at radius 3 is 1.69 bits per heavy atom. The number of hydrogen-bond donors (Lipinski definition) is 2. The van der Waals surface area contributed by atoms with Gasteiger partial charge in [-0.05, 0) is 26.1 Å². The van der Waals surface area contributed by atoms with Gasteiger partial charge in [0.25, 0.3) is 20.0 Å². The van der Waals surface area contributed by atoms with E-state index in [1.165, 1.54) is 11.9 Å². The molecule has 0 saturated carbocycles. The van der Waals surface area contributed by atoms with Crippen LogP contribution in [-0.2, 0) is 30.1 Å². The minimum absolute atomic E-state index is 0.305. The molecule has 2 N–H and O–H groups in total. The van der Waals surface area contributed by atoms with Crippen LogP contribution in [0, 0.1) is 0 Å². The molecular weight excluding hydrogens is 530 g/mol. The third kappa shape index (κ3) is 5.69. The smallest absolute Gasteiger partial charge is 0.305 e. The SMILES string of the molecule is C=CC(F)(C(F)(F)C(F)(F)S(=O)(=O)NCCN(C)CCC)S(=O)(=O)NS(=O)(=O)C(F)(F)F. The van der Waals surface area contributed by atoms with Crippen molar-refractivity contribution < 1.29 is 60.4 Å². The van der Waals surface area contributed by atoms with Gasteiger partial charge in [0.15, 0.2) is 0 Å². The zero-order valence-electron chi connectivity index (χ0n) is 16.3. The van der Waals surface area contributed by atoms with E-state index in [0.717, 1.165) is 4.72 Å². The maximum Gasteiger partial charge on any atom is 0.512 e. The molecule has 0 fully saturated rings. The van der Waals surface area contributed by atoms with Gasteiger partial charge in [0, 0.05) is 13.1 Å². The van der Waals surface area contributed by atoms with Gasteiger partial charge in [-0.15, -0.1) is 0 Å². The molecule has 0 saturated heterocycles. The number of sulfonamides is 3. The monoisotopic (exact) mass is 549 g/mol. The van der Waals surface area contributed by atoms with E-state index < -0.39 is 68.5 Å². The van der Waals surface area contributed by atoms with Crippen LogP contribution in [0.1, 0.15) is 13.3 Å². The molecule has 0 aromatic rings. The molecule has 0 rings (SSSR count). The predicted molar refractivity (Wildman–Crippen MR) is 95.7 cm³/mol. The molecule has 0 aliphatic heterocycles. The molecule has 0 amide bonds. The number of likely N-dealkylation sites (N-methyl/N-ethyl adjacent to an activating group) is 1. The van der Waals surface area contributed by atoms with Crippen molar-refractivity contribution in [2.24, 2.45) is 0 Å². The van der Waals surface area contributed by atoms with E-state index in [1.54, 1.807) is 6.92 Å². The van der Waals surface area contributed by atoms with Crippen molar-refractivity contribution >= 4 is 30.1 Å². The number of rotatable bonds is 13. The molecule has 0 aliphatic carbocycles. The molecule has 0 aromatic carbocycles. The fourth-order valence-corrected chi connectivity index (χ4v) is 5.78. The van der Waals surface area contributed by atoms with E-state index in [0.29, 0.717) is 13.0 Å². The third-order valence-corrected chi connectivity index (χ3v) is 8.79. The minimum atomic E-state index is -7.23. The molecule has 0 bridgehead atoms.